The Morgan fingerprint density at radius 3 is 0.926 bits per heavy atom. The minimum atomic E-state index is -2.80. The Balaban J connectivity index is 0.000000196. The zero-order valence-electron chi connectivity index (χ0n) is 54.3. The fourth-order valence-electron chi connectivity index (χ4n) is 11.7. The van der Waals surface area contributed by atoms with Gasteiger partial charge in [0.15, 0.2) is 8.07 Å². The van der Waals surface area contributed by atoms with Gasteiger partial charge in [0.1, 0.15) is 0 Å². The number of rotatable bonds is 13. The van der Waals surface area contributed by atoms with Gasteiger partial charge in [-0.25, -0.2) is 0 Å². The number of aromatic nitrogens is 2. The van der Waals surface area contributed by atoms with Gasteiger partial charge in [-0.05, 0) is 175 Å². The summed E-state index contributed by atoms with van der Waals surface area (Å²) in [6.07, 6.45) is 0.824. The standard InChI is InChI=1S/C52H46N2Si.2C15H10N.C5H10O2.Ir/c1-39-15-23-43(24-16-39)53(44-25-17-40(2)18-26-44)47-31-35-51(36-32-47)55(49-11-7-5-8-12-49,50-13-9-6-10-14-50)52-37-33-48(34-38-52)54(45-27-19-41(3)20-28-45)46-29-21-42(4)22-30-46;2*1-2-6-12(7-3-1)15-11-10-13-8-4-5-9-14(13)16-15;1-4(6)3-5(2)7;/h5-38H,1-4H3;2*1-6,8-11H;3-4,6-7H,1-2H3;/q;2*-1;;. The van der Waals surface area contributed by atoms with E-state index in [0.29, 0.717) is 0 Å². The first-order valence-corrected chi connectivity index (χ1v) is 33.8. The molecular formula is C87H76IrN4O2Si-2. The molecule has 95 heavy (non-hydrogen) atoms. The predicted molar refractivity (Wildman–Crippen MR) is 398 cm³/mol. The third-order valence-corrected chi connectivity index (χ3v) is 21.1. The van der Waals surface area contributed by atoms with Crippen LogP contribution in [-0.2, 0) is 20.1 Å². The summed E-state index contributed by atoms with van der Waals surface area (Å²) in [5.41, 5.74) is 17.9. The number of aliphatic hydroxyl groups excluding tert-OH is 2. The number of aryl methyl sites for hydroxylation is 4. The van der Waals surface area contributed by atoms with Gasteiger partial charge in [-0.1, -0.05) is 216 Å². The van der Waals surface area contributed by atoms with E-state index in [9.17, 15) is 0 Å². The largest absolute Gasteiger partial charge is 0.513 e. The van der Waals surface area contributed by atoms with Gasteiger partial charge < -0.3 is 20.0 Å². The van der Waals surface area contributed by atoms with Crippen molar-refractivity contribution in [1.82, 2.24) is 9.97 Å². The van der Waals surface area contributed by atoms with Crippen LogP contribution in [0.5, 0.6) is 0 Å². The first-order valence-electron chi connectivity index (χ1n) is 31.8. The number of anilines is 6. The van der Waals surface area contributed by atoms with Gasteiger partial charge in [-0.2, -0.15) is 0 Å². The van der Waals surface area contributed by atoms with Gasteiger partial charge >= 0.3 is 0 Å². The summed E-state index contributed by atoms with van der Waals surface area (Å²) in [7, 11) is -2.80. The fourth-order valence-corrected chi connectivity index (χ4v) is 16.4. The molecule has 0 aliphatic heterocycles. The van der Waals surface area contributed by atoms with Crippen molar-refractivity contribution >= 4 is 84.8 Å². The molecule has 0 fully saturated rings. The number of allylic oxidation sites excluding steroid dienone is 1. The zero-order valence-corrected chi connectivity index (χ0v) is 57.7. The number of hydrogen-bond acceptors (Lipinski definition) is 6. The van der Waals surface area contributed by atoms with Crippen molar-refractivity contribution in [3.63, 3.8) is 0 Å². The number of aliphatic hydroxyl groups is 2. The van der Waals surface area contributed by atoms with Crippen LogP contribution < -0.4 is 30.5 Å². The van der Waals surface area contributed by atoms with E-state index < -0.39 is 14.2 Å². The van der Waals surface area contributed by atoms with E-state index in [-0.39, 0.29) is 25.9 Å². The second kappa shape index (κ2) is 32.3. The Morgan fingerprint density at radius 1 is 0.358 bits per heavy atom. The molecule has 8 heteroatoms. The molecule has 12 aromatic carbocycles. The summed E-state index contributed by atoms with van der Waals surface area (Å²) < 4.78 is 0. The van der Waals surface area contributed by atoms with Crippen molar-refractivity contribution in [2.45, 2.75) is 47.6 Å². The van der Waals surface area contributed by atoms with E-state index in [0.717, 1.165) is 67.7 Å². The van der Waals surface area contributed by atoms with Crippen LogP contribution in [-0.4, -0.2) is 34.4 Å². The van der Waals surface area contributed by atoms with Crippen LogP contribution in [0.15, 0.2) is 339 Å². The van der Waals surface area contributed by atoms with Gasteiger partial charge in [0.05, 0.1) is 22.9 Å². The molecule has 2 N–H and O–H groups in total. The Morgan fingerprint density at radius 2 is 0.642 bits per heavy atom. The molecule has 0 saturated heterocycles. The van der Waals surface area contributed by atoms with Crippen molar-refractivity contribution < 1.29 is 30.3 Å². The molecule has 0 aliphatic rings. The van der Waals surface area contributed by atoms with E-state index in [4.69, 9.17) is 10.2 Å². The minimum absolute atomic E-state index is 0. The topological polar surface area (TPSA) is 72.7 Å². The molecule has 14 rings (SSSR count). The van der Waals surface area contributed by atoms with Crippen LogP contribution in [0.25, 0.3) is 44.3 Å². The van der Waals surface area contributed by atoms with Crippen molar-refractivity contribution in [2.75, 3.05) is 9.80 Å². The second-order valence-electron chi connectivity index (χ2n) is 23.5. The van der Waals surface area contributed by atoms with Crippen molar-refractivity contribution in [3.8, 4) is 22.5 Å². The van der Waals surface area contributed by atoms with Crippen LogP contribution in [0.1, 0.15) is 36.1 Å². The van der Waals surface area contributed by atoms with Crippen molar-refractivity contribution in [2.24, 2.45) is 0 Å². The molecule has 6 nitrogen and oxygen atoms in total. The Hall–Kier alpha value is -10.6. The SMILES string of the molecule is CC(O)=CC(C)O.Cc1ccc(N(c2ccc(C)cc2)c2ccc([Si](c3ccccc3)(c3ccccc3)c3ccc(N(c4ccc(C)cc4)c4ccc(C)cc4)cc3)cc2)cc1.[Ir].[c-]1ccccc1-c1ccc2ccccc2n1.[c-]1ccccc1-c1ccc2ccccc2n1. The van der Waals surface area contributed by atoms with E-state index in [1.807, 2.05) is 97.1 Å². The van der Waals surface area contributed by atoms with Crippen LogP contribution >= 0.6 is 0 Å². The second-order valence-corrected chi connectivity index (χ2v) is 27.3. The van der Waals surface area contributed by atoms with Crippen molar-refractivity contribution in [1.29, 1.82) is 0 Å². The third kappa shape index (κ3) is 16.8. The van der Waals surface area contributed by atoms with Crippen molar-refractivity contribution in [3.05, 3.63) is 374 Å². The zero-order chi connectivity index (χ0) is 65.2. The molecule has 0 saturated carbocycles. The monoisotopic (exact) mass is 1430 g/mol. The number of nitrogens with zero attached hydrogens (tertiary/aromatic N) is 4. The van der Waals surface area contributed by atoms with E-state index in [1.165, 1.54) is 66.8 Å². The molecule has 1 radical (unpaired) electrons. The molecule has 2 aromatic heterocycles. The van der Waals surface area contributed by atoms with Crippen LogP contribution in [0.4, 0.5) is 34.1 Å². The third-order valence-electron chi connectivity index (χ3n) is 16.3. The smallest absolute Gasteiger partial charge is 0.179 e. The van der Waals surface area contributed by atoms with Gasteiger partial charge in [0.25, 0.3) is 0 Å². The molecule has 0 amide bonds. The summed E-state index contributed by atoms with van der Waals surface area (Å²) in [6.45, 7) is 11.7. The first kappa shape index (κ1) is 67.3. The maximum atomic E-state index is 8.49. The molecular weight excluding hydrogens is 1350 g/mol. The van der Waals surface area contributed by atoms with Crippen LogP contribution in [0.3, 0.4) is 0 Å². The number of para-hydroxylation sites is 2. The van der Waals surface area contributed by atoms with E-state index in [1.54, 1.807) is 6.92 Å². The Labute approximate surface area is 574 Å². The maximum absolute atomic E-state index is 8.49. The number of pyridine rings is 2. The molecule has 14 aromatic rings. The summed E-state index contributed by atoms with van der Waals surface area (Å²) in [4.78, 5) is 13.9. The molecule has 1 atom stereocenters. The summed E-state index contributed by atoms with van der Waals surface area (Å²) >= 11 is 0. The van der Waals surface area contributed by atoms with Gasteiger partial charge in [-0.3, -0.25) is 9.97 Å². The summed E-state index contributed by atoms with van der Waals surface area (Å²) in [6, 6.07) is 123. The normalized spacial score (nSPS) is 11.3. The van der Waals surface area contributed by atoms with Crippen LogP contribution in [0, 0.1) is 39.8 Å². The quantitative estimate of drug-likeness (QED) is 0.0519. The molecule has 1 unspecified atom stereocenters. The number of fused-ring (bicyclic) bond motifs is 2. The molecule has 0 aliphatic carbocycles. The molecule has 0 bridgehead atoms. The maximum Gasteiger partial charge on any atom is 0.179 e. The van der Waals surface area contributed by atoms with Gasteiger partial charge in [0.2, 0.25) is 0 Å². The summed E-state index contributed by atoms with van der Waals surface area (Å²) in [5, 5.41) is 24.6. The van der Waals surface area contributed by atoms with Gasteiger partial charge in [-0.15, -0.1) is 71.8 Å². The average molecular weight is 1430 g/mol. The number of benzene rings is 12. The molecule has 0 spiro atoms. The van der Waals surface area contributed by atoms with Crippen LogP contribution in [0.2, 0.25) is 0 Å². The Bertz CT molecular complexity index is 4320. The fraction of sp³-hybridized carbons (Fsp3) is 0.0805. The van der Waals surface area contributed by atoms with E-state index in [2.05, 4.69) is 290 Å². The Kier molecular flexibility index (Phi) is 22.9. The van der Waals surface area contributed by atoms with E-state index >= 15 is 0 Å². The minimum Gasteiger partial charge on any atom is -0.513 e. The number of hydrogen-bond donors (Lipinski definition) is 2. The predicted octanol–water partition coefficient (Wildman–Crippen LogP) is 19.5. The first-order chi connectivity index (χ1) is 45.9. The summed E-state index contributed by atoms with van der Waals surface area (Å²) in [5.74, 6) is 0.162. The van der Waals surface area contributed by atoms with Gasteiger partial charge in [0, 0.05) is 54.2 Å². The molecule has 471 valence electrons. The average Bonchev–Trinajstić information content (AvgIpc) is 0.733. The molecule has 2 heterocycles.